The lowest BCUT2D eigenvalue weighted by Gasteiger charge is -2.14. The molecule has 0 amide bonds. The standard InChI is InChI=1S/C16H20FN3O/c1-11(2)16-19-18-15(21-16)10-20-7-6-13(9-20)12-4-3-5-14(17)8-12/h3-5,8,11,13H,6-7,9-10H2,1-2H3. The summed E-state index contributed by atoms with van der Waals surface area (Å²) in [5.74, 6) is 1.83. The molecular formula is C16H20FN3O. The van der Waals surface area contributed by atoms with Crippen molar-refractivity contribution in [3.05, 3.63) is 47.4 Å². The van der Waals surface area contributed by atoms with Crippen LogP contribution >= 0.6 is 0 Å². The van der Waals surface area contributed by atoms with E-state index in [2.05, 4.69) is 15.1 Å². The first kappa shape index (κ1) is 14.2. The van der Waals surface area contributed by atoms with Gasteiger partial charge < -0.3 is 4.42 Å². The van der Waals surface area contributed by atoms with Crippen LogP contribution in [0.5, 0.6) is 0 Å². The van der Waals surface area contributed by atoms with Gasteiger partial charge in [-0.15, -0.1) is 10.2 Å². The summed E-state index contributed by atoms with van der Waals surface area (Å²) >= 11 is 0. The molecule has 4 nitrogen and oxygen atoms in total. The molecule has 1 aromatic carbocycles. The maximum absolute atomic E-state index is 13.3. The minimum absolute atomic E-state index is 0.163. The Hall–Kier alpha value is -1.75. The Labute approximate surface area is 124 Å². The van der Waals surface area contributed by atoms with Crippen LogP contribution in [0.4, 0.5) is 4.39 Å². The Kier molecular flexibility index (Phi) is 4.01. The SMILES string of the molecule is CC(C)c1nnc(CN2CCC(c3cccc(F)c3)C2)o1. The smallest absolute Gasteiger partial charge is 0.230 e. The van der Waals surface area contributed by atoms with Crippen LogP contribution in [-0.2, 0) is 6.54 Å². The van der Waals surface area contributed by atoms with E-state index >= 15 is 0 Å². The number of likely N-dealkylation sites (tertiary alicyclic amines) is 1. The summed E-state index contributed by atoms with van der Waals surface area (Å²) in [5.41, 5.74) is 1.07. The molecular weight excluding hydrogens is 269 g/mol. The third kappa shape index (κ3) is 3.29. The fourth-order valence-corrected chi connectivity index (χ4v) is 2.76. The Morgan fingerprint density at radius 1 is 1.38 bits per heavy atom. The number of halogens is 1. The molecule has 112 valence electrons. The average molecular weight is 289 g/mol. The first-order chi connectivity index (χ1) is 10.1. The highest BCUT2D eigenvalue weighted by Gasteiger charge is 2.25. The molecule has 2 heterocycles. The van der Waals surface area contributed by atoms with Crippen LogP contribution in [0.15, 0.2) is 28.7 Å². The number of aromatic nitrogens is 2. The zero-order valence-corrected chi connectivity index (χ0v) is 12.4. The van der Waals surface area contributed by atoms with E-state index in [1.165, 1.54) is 6.07 Å². The molecule has 1 aliphatic heterocycles. The summed E-state index contributed by atoms with van der Waals surface area (Å²) in [4.78, 5) is 2.28. The van der Waals surface area contributed by atoms with Crippen molar-refractivity contribution < 1.29 is 8.81 Å². The number of hydrogen-bond acceptors (Lipinski definition) is 4. The van der Waals surface area contributed by atoms with Crippen LogP contribution in [0.25, 0.3) is 0 Å². The third-order valence-corrected chi connectivity index (χ3v) is 3.93. The van der Waals surface area contributed by atoms with Crippen LogP contribution < -0.4 is 0 Å². The highest BCUT2D eigenvalue weighted by atomic mass is 19.1. The van der Waals surface area contributed by atoms with Crippen molar-refractivity contribution >= 4 is 0 Å². The van der Waals surface area contributed by atoms with Crippen LogP contribution in [0, 0.1) is 5.82 Å². The van der Waals surface area contributed by atoms with Gasteiger partial charge in [0.2, 0.25) is 11.8 Å². The molecule has 1 atom stereocenters. The zero-order valence-electron chi connectivity index (χ0n) is 12.4. The molecule has 0 radical (unpaired) electrons. The second kappa shape index (κ2) is 5.93. The second-order valence-corrected chi connectivity index (χ2v) is 5.96. The lowest BCUT2D eigenvalue weighted by Crippen LogP contribution is -2.20. The van der Waals surface area contributed by atoms with E-state index in [4.69, 9.17) is 4.42 Å². The maximum Gasteiger partial charge on any atom is 0.230 e. The largest absolute Gasteiger partial charge is 0.424 e. The summed E-state index contributed by atoms with van der Waals surface area (Å²) in [6, 6.07) is 6.90. The van der Waals surface area contributed by atoms with Crippen LogP contribution in [-0.4, -0.2) is 28.2 Å². The van der Waals surface area contributed by atoms with Gasteiger partial charge in [-0.05, 0) is 36.6 Å². The molecule has 1 saturated heterocycles. The van der Waals surface area contributed by atoms with Crippen molar-refractivity contribution in [1.82, 2.24) is 15.1 Å². The van der Waals surface area contributed by atoms with Gasteiger partial charge in [0.15, 0.2) is 0 Å². The summed E-state index contributed by atoms with van der Waals surface area (Å²) in [6.07, 6.45) is 1.04. The Balaban J connectivity index is 1.61. The van der Waals surface area contributed by atoms with Gasteiger partial charge >= 0.3 is 0 Å². The molecule has 0 aliphatic carbocycles. The van der Waals surface area contributed by atoms with E-state index in [-0.39, 0.29) is 11.7 Å². The molecule has 1 aliphatic rings. The van der Waals surface area contributed by atoms with Gasteiger partial charge in [-0.1, -0.05) is 26.0 Å². The third-order valence-electron chi connectivity index (χ3n) is 3.93. The van der Waals surface area contributed by atoms with Crippen molar-refractivity contribution in [2.45, 2.75) is 38.6 Å². The minimum Gasteiger partial charge on any atom is -0.424 e. The van der Waals surface area contributed by atoms with Crippen molar-refractivity contribution in [2.24, 2.45) is 0 Å². The summed E-state index contributed by atoms with van der Waals surface area (Å²) in [6.45, 7) is 6.62. The molecule has 0 saturated carbocycles. The first-order valence-corrected chi connectivity index (χ1v) is 7.42. The van der Waals surface area contributed by atoms with Gasteiger partial charge in [0.25, 0.3) is 0 Å². The van der Waals surface area contributed by atoms with Crippen molar-refractivity contribution in [3.63, 3.8) is 0 Å². The van der Waals surface area contributed by atoms with Gasteiger partial charge in [0.05, 0.1) is 6.54 Å². The Morgan fingerprint density at radius 3 is 2.95 bits per heavy atom. The van der Waals surface area contributed by atoms with Crippen molar-refractivity contribution in [2.75, 3.05) is 13.1 Å². The topological polar surface area (TPSA) is 42.2 Å². The predicted molar refractivity (Wildman–Crippen MR) is 77.4 cm³/mol. The first-order valence-electron chi connectivity index (χ1n) is 7.42. The summed E-state index contributed by atoms with van der Waals surface area (Å²) < 4.78 is 18.9. The lowest BCUT2D eigenvalue weighted by molar-refractivity contribution is 0.281. The summed E-state index contributed by atoms with van der Waals surface area (Å²) in [5, 5.41) is 8.15. The number of nitrogens with zero attached hydrogens (tertiary/aromatic N) is 3. The molecule has 3 rings (SSSR count). The lowest BCUT2D eigenvalue weighted by atomic mass is 9.98. The van der Waals surface area contributed by atoms with Gasteiger partial charge in [-0.2, -0.15) is 0 Å². The average Bonchev–Trinajstić information content (AvgIpc) is 3.08. The highest BCUT2D eigenvalue weighted by molar-refractivity contribution is 5.22. The maximum atomic E-state index is 13.3. The van der Waals surface area contributed by atoms with Gasteiger partial charge in [0, 0.05) is 12.5 Å². The van der Waals surface area contributed by atoms with Gasteiger partial charge in [0.1, 0.15) is 5.82 Å². The van der Waals surface area contributed by atoms with Gasteiger partial charge in [-0.25, -0.2) is 4.39 Å². The fraction of sp³-hybridized carbons (Fsp3) is 0.500. The monoisotopic (exact) mass is 289 g/mol. The number of rotatable bonds is 4. The molecule has 1 fully saturated rings. The van der Waals surface area contributed by atoms with E-state index in [0.29, 0.717) is 24.2 Å². The normalized spacial score (nSPS) is 19.5. The highest BCUT2D eigenvalue weighted by Crippen LogP contribution is 2.28. The summed E-state index contributed by atoms with van der Waals surface area (Å²) in [7, 11) is 0. The van der Waals surface area contributed by atoms with Crippen LogP contribution in [0.1, 0.15) is 49.4 Å². The Morgan fingerprint density at radius 2 is 2.24 bits per heavy atom. The van der Waals surface area contributed by atoms with E-state index in [1.807, 2.05) is 19.9 Å². The number of hydrogen-bond donors (Lipinski definition) is 0. The van der Waals surface area contributed by atoms with Crippen molar-refractivity contribution in [3.8, 4) is 0 Å². The molecule has 0 N–H and O–H groups in total. The molecule has 2 aromatic rings. The van der Waals surface area contributed by atoms with Gasteiger partial charge in [-0.3, -0.25) is 4.90 Å². The Bertz CT molecular complexity index is 611. The molecule has 21 heavy (non-hydrogen) atoms. The molecule has 5 heteroatoms. The molecule has 0 spiro atoms. The second-order valence-electron chi connectivity index (χ2n) is 5.96. The predicted octanol–water partition coefficient (Wildman–Crippen LogP) is 3.32. The molecule has 1 aromatic heterocycles. The quantitative estimate of drug-likeness (QED) is 0.866. The van der Waals surface area contributed by atoms with E-state index in [1.54, 1.807) is 12.1 Å². The molecule has 0 bridgehead atoms. The van der Waals surface area contributed by atoms with E-state index < -0.39 is 0 Å². The van der Waals surface area contributed by atoms with Crippen LogP contribution in [0.3, 0.4) is 0 Å². The fourth-order valence-electron chi connectivity index (χ4n) is 2.76. The van der Waals surface area contributed by atoms with Crippen molar-refractivity contribution in [1.29, 1.82) is 0 Å². The minimum atomic E-state index is -0.163. The van der Waals surface area contributed by atoms with E-state index in [9.17, 15) is 4.39 Å². The number of benzene rings is 1. The molecule has 1 unspecified atom stereocenters. The van der Waals surface area contributed by atoms with Crippen LogP contribution in [0.2, 0.25) is 0 Å². The zero-order chi connectivity index (χ0) is 14.8. The van der Waals surface area contributed by atoms with E-state index in [0.717, 1.165) is 25.1 Å².